The van der Waals surface area contributed by atoms with Gasteiger partial charge >= 0.3 is 23.9 Å². The van der Waals surface area contributed by atoms with Gasteiger partial charge in [0.1, 0.15) is 81.5 Å². The molecule has 0 fully saturated rings. The van der Waals surface area contributed by atoms with E-state index in [-0.39, 0.29) is 135 Å². The maximum absolute atomic E-state index is 13.0. The summed E-state index contributed by atoms with van der Waals surface area (Å²) in [6.45, 7) is 42.2. The molecule has 4 aliphatic rings. The summed E-state index contributed by atoms with van der Waals surface area (Å²) >= 11 is 0. The number of methoxy groups -OCH3 is 2. The summed E-state index contributed by atoms with van der Waals surface area (Å²) in [5.74, 6) is -3.71. The Hall–Kier alpha value is -9.00. The predicted octanol–water partition coefficient (Wildman–Crippen LogP) is 22.4. The molecule has 0 saturated carbocycles. The summed E-state index contributed by atoms with van der Waals surface area (Å²) in [7, 11) is 2.62. The van der Waals surface area contributed by atoms with E-state index >= 15 is 0 Å². The van der Waals surface area contributed by atoms with Crippen LogP contribution in [0.15, 0.2) is 119 Å². The van der Waals surface area contributed by atoms with E-state index in [4.69, 9.17) is 24.1 Å². The number of carbonyl (C=O) groups excluding carboxylic acids is 4. The Bertz CT molecular complexity index is 4030. The zero-order valence-corrected chi connectivity index (χ0v) is 71.9. The molecule has 9 atom stereocenters. The molecule has 0 aromatic heterocycles. The highest BCUT2D eigenvalue weighted by molar-refractivity contribution is 5.98. The maximum Gasteiger partial charge on any atom is 0.342 e. The molecule has 4 aliphatic carbocycles. The Morgan fingerprint density at radius 1 is 0.391 bits per heavy atom. The Balaban J connectivity index is 0.000000274. The van der Waals surface area contributed by atoms with Crippen molar-refractivity contribution in [3.63, 3.8) is 0 Å². The number of phenols is 8. The number of aliphatic hydroxyl groups is 2. The molecule has 1 unspecified atom stereocenters. The van der Waals surface area contributed by atoms with Crippen LogP contribution in [0.5, 0.6) is 46.0 Å². The molecule has 0 amide bonds. The fraction of sp³-hybridized carbons (Fsp3) is 0.546. The molecular formula is C97H138O18. The summed E-state index contributed by atoms with van der Waals surface area (Å²) < 4.78 is 20.4. The number of aryl methyl sites for hydroxylation is 4. The molecule has 4 aromatic rings. The van der Waals surface area contributed by atoms with Crippen LogP contribution in [0, 0.1) is 23.7 Å². The molecule has 634 valence electrons. The summed E-state index contributed by atoms with van der Waals surface area (Å²) in [5, 5.41) is 107. The number of phenolic OH excluding ortho intramolecular Hbond substituents is 8. The van der Waals surface area contributed by atoms with Gasteiger partial charge in [0.05, 0.1) is 26.9 Å². The predicted molar refractivity (Wildman–Crippen MR) is 459 cm³/mol. The number of benzene rings is 4. The van der Waals surface area contributed by atoms with Gasteiger partial charge in [-0.25, -0.2) is 19.2 Å². The average molecular weight is 1590 g/mol. The molecule has 0 spiro atoms. The molecule has 4 aromatic carbocycles. The number of carbonyl (C=O) groups is 4. The van der Waals surface area contributed by atoms with E-state index in [1.807, 2.05) is 48.5 Å². The van der Waals surface area contributed by atoms with Gasteiger partial charge in [0.25, 0.3) is 0 Å². The topological polar surface area (TPSA) is 308 Å². The van der Waals surface area contributed by atoms with Crippen LogP contribution in [0.2, 0.25) is 0 Å². The van der Waals surface area contributed by atoms with Crippen LogP contribution in [0.25, 0.3) is 0 Å². The summed E-state index contributed by atoms with van der Waals surface area (Å²) in [6, 6.07) is 6.46. The summed E-state index contributed by atoms with van der Waals surface area (Å²) in [6.07, 6.45) is 30.2. The van der Waals surface area contributed by atoms with Gasteiger partial charge in [0, 0.05) is 45.9 Å². The number of esters is 4. The molecule has 10 N–H and O–H groups in total. The molecule has 115 heavy (non-hydrogen) atoms. The number of rotatable bonds is 34. The van der Waals surface area contributed by atoms with Crippen molar-refractivity contribution in [3.05, 3.63) is 186 Å². The van der Waals surface area contributed by atoms with Crippen LogP contribution in [-0.4, -0.2) is 115 Å². The van der Waals surface area contributed by atoms with E-state index in [0.29, 0.717) is 76.6 Å². The molecule has 0 bridgehead atoms. The van der Waals surface area contributed by atoms with Crippen LogP contribution in [0.4, 0.5) is 0 Å². The molecule has 0 saturated heterocycles. The van der Waals surface area contributed by atoms with Crippen LogP contribution in [0.1, 0.15) is 341 Å². The van der Waals surface area contributed by atoms with E-state index in [1.54, 1.807) is 24.3 Å². The molecular weight excluding hydrogens is 1450 g/mol. The number of allylic oxidation sites excluding steroid dienone is 12. The van der Waals surface area contributed by atoms with Gasteiger partial charge < -0.3 is 70.0 Å². The van der Waals surface area contributed by atoms with Crippen molar-refractivity contribution in [3.8, 4) is 46.0 Å². The molecule has 0 aliphatic heterocycles. The van der Waals surface area contributed by atoms with Gasteiger partial charge in [-0.1, -0.05) is 188 Å². The highest BCUT2D eigenvalue weighted by Gasteiger charge is 2.39. The lowest BCUT2D eigenvalue weighted by molar-refractivity contribution is 0.0232. The second-order valence-electron chi connectivity index (χ2n) is 32.6. The van der Waals surface area contributed by atoms with Crippen molar-refractivity contribution in [1.29, 1.82) is 0 Å². The fourth-order valence-electron chi connectivity index (χ4n) is 16.9. The third-order valence-corrected chi connectivity index (χ3v) is 23.2. The second-order valence-corrected chi connectivity index (χ2v) is 32.6. The van der Waals surface area contributed by atoms with E-state index in [9.17, 15) is 65.1 Å². The minimum atomic E-state index is -0.733. The Kier molecular flexibility index (Phi) is 39.7. The quantitative estimate of drug-likeness (QED) is 0.00899. The molecule has 0 heterocycles. The van der Waals surface area contributed by atoms with Crippen molar-refractivity contribution in [2.75, 3.05) is 34.0 Å². The van der Waals surface area contributed by atoms with Crippen molar-refractivity contribution in [2.45, 2.75) is 287 Å². The van der Waals surface area contributed by atoms with Crippen molar-refractivity contribution in [2.24, 2.45) is 23.7 Å². The van der Waals surface area contributed by atoms with Crippen LogP contribution >= 0.6 is 0 Å². The number of unbranched alkanes of at least 4 members (excludes halogenated alkanes) is 8. The van der Waals surface area contributed by atoms with Crippen molar-refractivity contribution < 1.29 is 89.2 Å². The van der Waals surface area contributed by atoms with Gasteiger partial charge in [-0.3, -0.25) is 0 Å². The maximum atomic E-state index is 13.0. The number of hydrogen-bond acceptors (Lipinski definition) is 18. The monoisotopic (exact) mass is 1590 g/mol. The largest absolute Gasteiger partial charge is 0.507 e. The van der Waals surface area contributed by atoms with Gasteiger partial charge in [0.2, 0.25) is 0 Å². The lowest BCUT2D eigenvalue weighted by Crippen LogP contribution is -2.21. The standard InChI is InChI=1S/C27H40O5.C24H34O5.2C23H32O4/c1-6-8-9-11-19-15-23(29)25(22-14-18(5)12-13-21(22)17(3)4)26(30)24(19)27(31)32-16-20(28)10-7-2;1-5-6-7-8-17-14-20(26)22(23(27)21(17)24(28)29-12-11-25)19-13-16(4)9-10-18(19)15(2)3;2*1-6-7-8-9-16-13-19(24)21(22(25)20(16)23(26)27-5)18-12-15(4)10-11-17(18)14(2)3/h14-15,20-22,28-30H,3,6-13,16H2,1-2,4-5H3;13-14,18-19,25-27H,2,5-12H2,1,3-4H3;2*12-13,17-18,24-25H,2,6-11H2,1,3-5H3/t20?,21-,22+;18-,19+;2*17-,18+/m1111/s1. The van der Waals surface area contributed by atoms with E-state index < -0.39 is 30.0 Å². The van der Waals surface area contributed by atoms with Crippen molar-refractivity contribution >= 4 is 23.9 Å². The molecule has 8 rings (SSSR count). The smallest absolute Gasteiger partial charge is 0.342 e. The Morgan fingerprint density at radius 2 is 0.635 bits per heavy atom. The first-order valence-electron chi connectivity index (χ1n) is 42.1. The first-order chi connectivity index (χ1) is 54.6. The molecule has 18 heteroatoms. The van der Waals surface area contributed by atoms with E-state index in [0.717, 1.165) is 157 Å². The Morgan fingerprint density at radius 3 is 0.852 bits per heavy atom. The number of ether oxygens (including phenoxy) is 4. The lowest BCUT2D eigenvalue weighted by atomic mass is 9.73. The minimum absolute atomic E-state index is 0.00114. The van der Waals surface area contributed by atoms with E-state index in [2.05, 4.69) is 92.2 Å². The van der Waals surface area contributed by atoms with Crippen LogP contribution < -0.4 is 0 Å². The third-order valence-electron chi connectivity index (χ3n) is 23.2. The van der Waals surface area contributed by atoms with Gasteiger partial charge in [-0.2, -0.15) is 0 Å². The van der Waals surface area contributed by atoms with Gasteiger partial charge in [-0.15, -0.1) is 0 Å². The fourth-order valence-corrected chi connectivity index (χ4v) is 16.9. The Labute approximate surface area is 686 Å². The lowest BCUT2D eigenvalue weighted by Gasteiger charge is -2.32. The van der Waals surface area contributed by atoms with E-state index in [1.165, 1.54) is 36.5 Å². The number of aromatic hydroxyl groups is 8. The zero-order valence-electron chi connectivity index (χ0n) is 71.9. The normalized spacial score (nSPS) is 19.3. The van der Waals surface area contributed by atoms with Crippen LogP contribution in [-0.2, 0) is 44.6 Å². The summed E-state index contributed by atoms with van der Waals surface area (Å²) in [4.78, 5) is 50.6. The highest BCUT2D eigenvalue weighted by Crippen LogP contribution is 2.53. The highest BCUT2D eigenvalue weighted by atomic mass is 16.5. The van der Waals surface area contributed by atoms with Gasteiger partial charge in [-0.05, 0) is 235 Å². The average Bonchev–Trinajstić information content (AvgIpc) is 0.780. The second kappa shape index (κ2) is 47.3. The number of aliphatic hydroxyl groups excluding tert-OH is 2. The minimum Gasteiger partial charge on any atom is -0.507 e. The van der Waals surface area contributed by atoms with Crippen LogP contribution in [0.3, 0.4) is 0 Å². The molecule has 0 radical (unpaired) electrons. The first-order valence-corrected chi connectivity index (χ1v) is 42.1. The molecule has 18 nitrogen and oxygen atoms in total. The summed E-state index contributed by atoms with van der Waals surface area (Å²) in [5.41, 5.74) is 13.3. The number of hydrogen-bond donors (Lipinski definition) is 10. The van der Waals surface area contributed by atoms with Crippen molar-refractivity contribution in [1.82, 2.24) is 0 Å². The van der Waals surface area contributed by atoms with Gasteiger partial charge in [0.15, 0.2) is 0 Å². The zero-order chi connectivity index (χ0) is 85.7. The third kappa shape index (κ3) is 26.0. The SMILES string of the molecule is C=C(C)[C@H]1CCC(C)=C[C@@H]1c1c(O)cc(CCCCC)c(C(=O)OC)c1O.C=C(C)[C@H]1CCC(C)=C[C@@H]1c1c(O)cc(CCCCC)c(C(=O)OC)c1O.C=C(C)[C@H]1CCC(C)=C[C@@H]1c1c(O)cc(CCCCC)c(C(=O)OCC(O)CCC)c1O.C=C(C)[C@H]1CCC(C)=C[C@@H]1c1c(O)cc(CCCCC)c(C(=O)OCCO)c1O. The first kappa shape index (κ1) is 96.6.